The van der Waals surface area contributed by atoms with E-state index in [-0.39, 0.29) is 0 Å². The van der Waals surface area contributed by atoms with Crippen LogP contribution in [0.25, 0.3) is 0 Å². The summed E-state index contributed by atoms with van der Waals surface area (Å²) in [4.78, 5) is 10.9. The van der Waals surface area contributed by atoms with Crippen LogP contribution in [0.3, 0.4) is 0 Å². The Morgan fingerprint density at radius 3 is 2.15 bits per heavy atom. The molecular formula is C10H13NO2. The van der Waals surface area contributed by atoms with E-state index in [4.69, 9.17) is 10.8 Å². The molecule has 0 radical (unpaired) electrons. The molecule has 0 unspecified atom stereocenters. The number of carbonyl (C=O) groups is 1. The Balaban J connectivity index is 2.29. The van der Waals surface area contributed by atoms with Gasteiger partial charge in [0, 0.05) is 12.8 Å². The molecule has 0 aliphatic heterocycles. The Bertz CT molecular complexity index is 293. The molecule has 0 spiro atoms. The molecule has 2 rings (SSSR count). The molecule has 13 heavy (non-hydrogen) atoms. The summed E-state index contributed by atoms with van der Waals surface area (Å²) >= 11 is 0. The summed E-state index contributed by atoms with van der Waals surface area (Å²) < 4.78 is 0. The van der Waals surface area contributed by atoms with Crippen molar-refractivity contribution >= 4 is 5.97 Å². The van der Waals surface area contributed by atoms with Gasteiger partial charge in [-0.3, -0.25) is 4.79 Å². The highest BCUT2D eigenvalue weighted by molar-refractivity contribution is 5.81. The van der Waals surface area contributed by atoms with Crippen LogP contribution in [0.2, 0.25) is 0 Å². The Morgan fingerprint density at radius 1 is 1.31 bits per heavy atom. The monoisotopic (exact) mass is 179 g/mol. The second kappa shape index (κ2) is 2.70. The minimum Gasteiger partial charge on any atom is -0.480 e. The fraction of sp³-hybridized carbons (Fsp3) is 0.500. The molecule has 0 amide bonds. The molecule has 0 aromatic heterocycles. The van der Waals surface area contributed by atoms with Crippen LogP contribution < -0.4 is 5.73 Å². The number of carboxylic acids is 1. The molecule has 0 bridgehead atoms. The maximum atomic E-state index is 10.9. The summed E-state index contributed by atoms with van der Waals surface area (Å²) in [7, 11) is 0. The van der Waals surface area contributed by atoms with Gasteiger partial charge in [0.25, 0.3) is 0 Å². The van der Waals surface area contributed by atoms with Crippen LogP contribution in [0, 0.1) is 0 Å². The summed E-state index contributed by atoms with van der Waals surface area (Å²) in [5.74, 6) is -0.885. The largest absolute Gasteiger partial charge is 0.480 e. The lowest BCUT2D eigenvalue weighted by Crippen LogP contribution is -2.45. The van der Waals surface area contributed by atoms with Crippen LogP contribution in [-0.2, 0) is 4.79 Å². The van der Waals surface area contributed by atoms with E-state index in [0.29, 0.717) is 12.8 Å². The zero-order valence-electron chi connectivity index (χ0n) is 7.42. The van der Waals surface area contributed by atoms with Crippen LogP contribution in [0.15, 0.2) is 23.3 Å². The number of carboxylic acid groups (broad SMARTS) is 1. The fourth-order valence-corrected chi connectivity index (χ4v) is 2.04. The molecule has 1 saturated carbocycles. The minimum atomic E-state index is -1.04. The highest BCUT2D eigenvalue weighted by Gasteiger charge is 2.42. The maximum Gasteiger partial charge on any atom is 0.324 e. The molecule has 3 heteroatoms. The smallest absolute Gasteiger partial charge is 0.324 e. The lowest BCUT2D eigenvalue weighted by atomic mass is 9.99. The van der Waals surface area contributed by atoms with Crippen molar-refractivity contribution in [3.63, 3.8) is 0 Å². The number of hydrogen-bond donors (Lipinski definition) is 2. The third-order valence-electron chi connectivity index (χ3n) is 2.80. The first-order valence-corrected chi connectivity index (χ1v) is 4.52. The number of hydrogen-bond acceptors (Lipinski definition) is 2. The number of fused-ring (bicyclic) bond motifs is 1. The quantitative estimate of drug-likeness (QED) is 0.636. The first kappa shape index (κ1) is 8.51. The molecule has 2 aliphatic rings. The molecule has 1 fully saturated rings. The van der Waals surface area contributed by atoms with E-state index in [1.54, 1.807) is 0 Å². The van der Waals surface area contributed by atoms with Gasteiger partial charge in [-0.15, -0.1) is 0 Å². The Hall–Kier alpha value is -1.09. The van der Waals surface area contributed by atoms with E-state index in [9.17, 15) is 4.79 Å². The summed E-state index contributed by atoms with van der Waals surface area (Å²) in [6.07, 6.45) is 7.27. The highest BCUT2D eigenvalue weighted by Crippen LogP contribution is 2.39. The molecule has 0 aromatic rings. The van der Waals surface area contributed by atoms with Gasteiger partial charge >= 0.3 is 5.97 Å². The fourth-order valence-electron chi connectivity index (χ4n) is 2.04. The molecule has 3 N–H and O–H groups in total. The molecular weight excluding hydrogens is 166 g/mol. The summed E-state index contributed by atoms with van der Waals surface area (Å²) in [6.45, 7) is 0. The lowest BCUT2D eigenvalue weighted by Gasteiger charge is -2.15. The van der Waals surface area contributed by atoms with Crippen molar-refractivity contribution in [1.29, 1.82) is 0 Å². The van der Waals surface area contributed by atoms with Crippen molar-refractivity contribution in [1.82, 2.24) is 0 Å². The van der Waals surface area contributed by atoms with Crippen molar-refractivity contribution < 1.29 is 9.90 Å². The first-order valence-electron chi connectivity index (χ1n) is 4.52. The molecule has 0 aromatic carbocycles. The summed E-state index contributed by atoms with van der Waals surface area (Å²) in [5.41, 5.74) is 7.04. The molecule has 0 heterocycles. The third-order valence-corrected chi connectivity index (χ3v) is 2.80. The van der Waals surface area contributed by atoms with Gasteiger partial charge in [0.05, 0.1) is 0 Å². The number of aliphatic carboxylic acids is 1. The van der Waals surface area contributed by atoms with E-state index in [0.717, 1.165) is 24.0 Å². The molecule has 0 saturated heterocycles. The third kappa shape index (κ3) is 1.29. The highest BCUT2D eigenvalue weighted by atomic mass is 16.4. The summed E-state index contributed by atoms with van der Waals surface area (Å²) in [6, 6.07) is 0. The van der Waals surface area contributed by atoms with Crippen molar-refractivity contribution in [2.75, 3.05) is 0 Å². The van der Waals surface area contributed by atoms with Gasteiger partial charge in [0.15, 0.2) is 0 Å². The molecule has 3 nitrogen and oxygen atoms in total. The number of allylic oxidation sites excluding steroid dienone is 2. The van der Waals surface area contributed by atoms with Crippen molar-refractivity contribution in [2.24, 2.45) is 5.73 Å². The normalized spacial score (nSPS) is 24.7. The lowest BCUT2D eigenvalue weighted by molar-refractivity contribution is -0.142. The predicted molar refractivity (Wildman–Crippen MR) is 49.2 cm³/mol. The first-order chi connectivity index (χ1) is 6.12. The van der Waals surface area contributed by atoms with E-state index in [2.05, 4.69) is 12.2 Å². The van der Waals surface area contributed by atoms with Crippen LogP contribution in [0.5, 0.6) is 0 Å². The van der Waals surface area contributed by atoms with Gasteiger partial charge in [-0.1, -0.05) is 12.2 Å². The van der Waals surface area contributed by atoms with Gasteiger partial charge in [0.2, 0.25) is 0 Å². The second-order valence-electron chi connectivity index (χ2n) is 3.85. The Kier molecular flexibility index (Phi) is 1.77. The van der Waals surface area contributed by atoms with Crippen molar-refractivity contribution in [2.45, 2.75) is 31.2 Å². The van der Waals surface area contributed by atoms with E-state index >= 15 is 0 Å². The van der Waals surface area contributed by atoms with Crippen LogP contribution in [0.4, 0.5) is 0 Å². The van der Waals surface area contributed by atoms with Gasteiger partial charge in [-0.05, 0) is 24.0 Å². The van der Waals surface area contributed by atoms with E-state index < -0.39 is 11.5 Å². The zero-order valence-corrected chi connectivity index (χ0v) is 7.42. The molecule has 70 valence electrons. The van der Waals surface area contributed by atoms with Gasteiger partial charge in [-0.2, -0.15) is 0 Å². The molecule has 0 atom stereocenters. The van der Waals surface area contributed by atoms with Crippen LogP contribution in [-0.4, -0.2) is 16.6 Å². The van der Waals surface area contributed by atoms with E-state index in [1.807, 2.05) is 0 Å². The van der Waals surface area contributed by atoms with Gasteiger partial charge < -0.3 is 10.8 Å². The van der Waals surface area contributed by atoms with Crippen LogP contribution in [0.1, 0.15) is 25.7 Å². The van der Waals surface area contributed by atoms with Crippen molar-refractivity contribution in [3.05, 3.63) is 23.3 Å². The Labute approximate surface area is 76.9 Å². The van der Waals surface area contributed by atoms with Gasteiger partial charge in [-0.25, -0.2) is 0 Å². The second-order valence-corrected chi connectivity index (χ2v) is 3.85. The van der Waals surface area contributed by atoms with E-state index in [1.165, 1.54) is 0 Å². The topological polar surface area (TPSA) is 63.3 Å². The van der Waals surface area contributed by atoms with Gasteiger partial charge in [0.1, 0.15) is 5.54 Å². The van der Waals surface area contributed by atoms with Crippen molar-refractivity contribution in [3.8, 4) is 0 Å². The average molecular weight is 179 g/mol. The average Bonchev–Trinajstić information content (AvgIpc) is 2.42. The predicted octanol–water partition coefficient (Wildman–Crippen LogP) is 1.21. The molecule has 2 aliphatic carbocycles. The summed E-state index contributed by atoms with van der Waals surface area (Å²) in [5, 5.41) is 8.94. The Morgan fingerprint density at radius 2 is 1.77 bits per heavy atom. The zero-order chi connectivity index (χ0) is 9.47. The van der Waals surface area contributed by atoms with Crippen LogP contribution >= 0.6 is 0 Å². The standard InChI is InChI=1S/C10H13NO2/c11-10(9(12)13)5-7-3-1-2-4-8(7)6-10/h3-4H,1-2,5-6,11H2,(H,12,13). The SMILES string of the molecule is NC1(C(=O)O)CC2=CCCC=C2C1. The number of rotatable bonds is 1. The number of nitrogens with two attached hydrogens (primary N) is 1. The minimum absolute atomic E-state index is 0.494. The maximum absolute atomic E-state index is 10.9.